The number of halogens is 1. The minimum atomic E-state index is 0.346. The molecule has 2 rings (SSSR count). The largest absolute Gasteiger partial charge is 0.406 e. The number of hydrogen-bond acceptors (Lipinski definition) is 6. The molecule has 0 radical (unpaired) electrons. The number of nitrogens with zero attached hydrogens (tertiary/aromatic N) is 2. The molecule has 0 bridgehead atoms. The lowest BCUT2D eigenvalue weighted by Gasteiger charge is -2.05. The molecular formula is C13H17ClN4O2. The van der Waals surface area contributed by atoms with E-state index >= 15 is 0 Å². The number of methoxy groups -OCH3 is 1. The summed E-state index contributed by atoms with van der Waals surface area (Å²) in [5.74, 6) is 0.517. The number of rotatable bonds is 7. The van der Waals surface area contributed by atoms with Gasteiger partial charge in [-0.25, -0.2) is 0 Å². The average Bonchev–Trinajstić information content (AvgIpc) is 2.87. The smallest absolute Gasteiger partial charge is 0.320 e. The lowest BCUT2D eigenvalue weighted by Crippen LogP contribution is -2.18. The molecule has 1 aromatic heterocycles. The van der Waals surface area contributed by atoms with Gasteiger partial charge in [0.25, 0.3) is 0 Å². The summed E-state index contributed by atoms with van der Waals surface area (Å²) in [4.78, 5) is 0. The SMILES string of the molecule is COCCNCc1nnc(Nc2cc(Cl)ccc2C)o1. The number of nitrogens with one attached hydrogen (secondary N) is 2. The van der Waals surface area contributed by atoms with E-state index in [9.17, 15) is 0 Å². The highest BCUT2D eigenvalue weighted by Crippen LogP contribution is 2.23. The Bertz CT molecular complexity index is 559. The molecule has 108 valence electrons. The lowest BCUT2D eigenvalue weighted by atomic mass is 10.2. The molecule has 6 nitrogen and oxygen atoms in total. The van der Waals surface area contributed by atoms with Gasteiger partial charge >= 0.3 is 6.01 Å². The van der Waals surface area contributed by atoms with Crippen LogP contribution in [-0.4, -0.2) is 30.5 Å². The van der Waals surface area contributed by atoms with Crippen LogP contribution in [0.15, 0.2) is 22.6 Å². The maximum Gasteiger partial charge on any atom is 0.320 e. The normalized spacial score (nSPS) is 10.8. The van der Waals surface area contributed by atoms with Gasteiger partial charge in [-0.3, -0.25) is 0 Å². The molecule has 0 aliphatic heterocycles. The van der Waals surface area contributed by atoms with Crippen molar-refractivity contribution < 1.29 is 9.15 Å². The standard InChI is InChI=1S/C13H17ClN4O2/c1-9-3-4-10(14)7-11(9)16-13-18-17-12(20-13)8-15-5-6-19-2/h3-4,7,15H,5-6,8H2,1-2H3,(H,16,18). The molecule has 0 aliphatic rings. The molecule has 1 heterocycles. The summed E-state index contributed by atoms with van der Waals surface area (Å²) < 4.78 is 10.4. The zero-order valence-corrected chi connectivity index (χ0v) is 12.2. The third-order valence-electron chi connectivity index (χ3n) is 2.67. The van der Waals surface area contributed by atoms with Crippen molar-refractivity contribution in [3.8, 4) is 0 Å². The van der Waals surface area contributed by atoms with Crippen molar-refractivity contribution >= 4 is 23.3 Å². The number of hydrogen-bond donors (Lipinski definition) is 2. The highest BCUT2D eigenvalue weighted by Gasteiger charge is 2.07. The van der Waals surface area contributed by atoms with Crippen LogP contribution in [0, 0.1) is 6.92 Å². The fraction of sp³-hybridized carbons (Fsp3) is 0.385. The Labute approximate surface area is 122 Å². The molecule has 0 amide bonds. The van der Waals surface area contributed by atoms with Crippen molar-refractivity contribution in [2.75, 3.05) is 25.6 Å². The van der Waals surface area contributed by atoms with Crippen LogP contribution in [0.25, 0.3) is 0 Å². The number of aryl methyl sites for hydroxylation is 1. The Morgan fingerprint density at radius 2 is 2.20 bits per heavy atom. The van der Waals surface area contributed by atoms with Crippen LogP contribution >= 0.6 is 11.6 Å². The fourth-order valence-electron chi connectivity index (χ4n) is 1.59. The van der Waals surface area contributed by atoms with Crippen LogP contribution in [0.5, 0.6) is 0 Å². The molecule has 2 N–H and O–H groups in total. The first-order chi connectivity index (χ1) is 9.69. The van der Waals surface area contributed by atoms with E-state index in [2.05, 4.69) is 20.8 Å². The Kier molecular flexibility index (Phi) is 5.34. The molecule has 20 heavy (non-hydrogen) atoms. The number of ether oxygens (including phenoxy) is 1. The maximum absolute atomic E-state index is 5.96. The van der Waals surface area contributed by atoms with Gasteiger partial charge in [0.1, 0.15) is 0 Å². The van der Waals surface area contributed by atoms with Crippen LogP contribution in [-0.2, 0) is 11.3 Å². The van der Waals surface area contributed by atoms with Gasteiger partial charge in [-0.05, 0) is 24.6 Å². The molecule has 0 fully saturated rings. The molecule has 1 aromatic carbocycles. The van der Waals surface area contributed by atoms with Gasteiger partial charge in [0, 0.05) is 24.4 Å². The highest BCUT2D eigenvalue weighted by atomic mass is 35.5. The second-order valence-corrected chi connectivity index (χ2v) is 4.69. The zero-order chi connectivity index (χ0) is 14.4. The number of anilines is 2. The van der Waals surface area contributed by atoms with Gasteiger partial charge in [-0.1, -0.05) is 22.8 Å². The van der Waals surface area contributed by atoms with Crippen molar-refractivity contribution in [2.24, 2.45) is 0 Å². The Morgan fingerprint density at radius 3 is 3.00 bits per heavy atom. The first kappa shape index (κ1) is 14.8. The van der Waals surface area contributed by atoms with E-state index < -0.39 is 0 Å². The predicted molar refractivity (Wildman–Crippen MR) is 77.4 cm³/mol. The van der Waals surface area contributed by atoms with E-state index in [1.54, 1.807) is 7.11 Å². The van der Waals surface area contributed by atoms with Crippen molar-refractivity contribution in [3.63, 3.8) is 0 Å². The second kappa shape index (κ2) is 7.23. The Balaban J connectivity index is 1.93. The highest BCUT2D eigenvalue weighted by molar-refractivity contribution is 6.30. The summed E-state index contributed by atoms with van der Waals surface area (Å²) in [6.45, 7) is 3.85. The van der Waals surface area contributed by atoms with Crippen molar-refractivity contribution in [2.45, 2.75) is 13.5 Å². The molecule has 0 spiro atoms. The van der Waals surface area contributed by atoms with E-state index in [-0.39, 0.29) is 0 Å². The molecule has 2 aromatic rings. The molecule has 0 atom stereocenters. The second-order valence-electron chi connectivity index (χ2n) is 4.25. The van der Waals surface area contributed by atoms with Gasteiger partial charge in [-0.15, -0.1) is 5.10 Å². The van der Waals surface area contributed by atoms with E-state index in [4.69, 9.17) is 20.8 Å². The third-order valence-corrected chi connectivity index (χ3v) is 2.90. The lowest BCUT2D eigenvalue weighted by molar-refractivity contribution is 0.198. The quantitative estimate of drug-likeness (QED) is 0.765. The first-order valence-corrected chi connectivity index (χ1v) is 6.62. The van der Waals surface area contributed by atoms with E-state index in [1.165, 1.54) is 0 Å². The van der Waals surface area contributed by atoms with Crippen LogP contribution in [0.2, 0.25) is 5.02 Å². The Morgan fingerprint density at radius 1 is 1.35 bits per heavy atom. The van der Waals surface area contributed by atoms with Gasteiger partial charge in [0.2, 0.25) is 5.89 Å². The Hall–Kier alpha value is -1.63. The summed E-state index contributed by atoms with van der Waals surface area (Å²) >= 11 is 5.96. The topological polar surface area (TPSA) is 72.2 Å². The van der Waals surface area contributed by atoms with E-state index in [0.29, 0.717) is 30.1 Å². The van der Waals surface area contributed by atoms with Crippen LogP contribution < -0.4 is 10.6 Å². The van der Waals surface area contributed by atoms with E-state index in [0.717, 1.165) is 17.8 Å². The molecule has 0 aliphatic carbocycles. The van der Waals surface area contributed by atoms with Gasteiger partial charge in [-0.2, -0.15) is 0 Å². The molecule has 0 saturated heterocycles. The average molecular weight is 297 g/mol. The summed E-state index contributed by atoms with van der Waals surface area (Å²) in [6.07, 6.45) is 0. The van der Waals surface area contributed by atoms with Crippen molar-refractivity contribution in [1.82, 2.24) is 15.5 Å². The third kappa shape index (κ3) is 4.19. The minimum absolute atomic E-state index is 0.346. The first-order valence-electron chi connectivity index (χ1n) is 6.24. The van der Waals surface area contributed by atoms with E-state index in [1.807, 2.05) is 25.1 Å². The fourth-order valence-corrected chi connectivity index (χ4v) is 1.76. The molecule has 7 heteroatoms. The summed E-state index contributed by atoms with van der Waals surface area (Å²) in [7, 11) is 1.66. The molecule has 0 saturated carbocycles. The maximum atomic E-state index is 5.96. The summed E-state index contributed by atoms with van der Waals surface area (Å²) in [5, 5.41) is 14.7. The summed E-state index contributed by atoms with van der Waals surface area (Å²) in [5.41, 5.74) is 1.90. The van der Waals surface area contributed by atoms with Crippen LogP contribution in [0.1, 0.15) is 11.5 Å². The number of benzene rings is 1. The zero-order valence-electron chi connectivity index (χ0n) is 11.4. The monoisotopic (exact) mass is 296 g/mol. The number of aromatic nitrogens is 2. The minimum Gasteiger partial charge on any atom is -0.406 e. The van der Waals surface area contributed by atoms with Crippen molar-refractivity contribution in [3.05, 3.63) is 34.7 Å². The predicted octanol–water partition coefficient (Wildman–Crippen LogP) is 2.51. The molecular weight excluding hydrogens is 280 g/mol. The van der Waals surface area contributed by atoms with Gasteiger partial charge in [0.05, 0.1) is 13.2 Å². The van der Waals surface area contributed by atoms with Gasteiger partial charge < -0.3 is 19.8 Å². The molecule has 0 unspecified atom stereocenters. The van der Waals surface area contributed by atoms with Crippen LogP contribution in [0.4, 0.5) is 11.7 Å². The summed E-state index contributed by atoms with van der Waals surface area (Å²) in [6, 6.07) is 5.92. The van der Waals surface area contributed by atoms with Gasteiger partial charge in [0.15, 0.2) is 0 Å². The van der Waals surface area contributed by atoms with Crippen molar-refractivity contribution in [1.29, 1.82) is 0 Å². The van der Waals surface area contributed by atoms with Crippen LogP contribution in [0.3, 0.4) is 0 Å².